The number of rotatable bonds is 3. The molecule has 0 fully saturated rings. The highest BCUT2D eigenvalue weighted by Gasteiger charge is 2.43. The molecule has 0 bridgehead atoms. The summed E-state index contributed by atoms with van der Waals surface area (Å²) in [5, 5.41) is 2.89. The fourth-order valence-electron chi connectivity index (χ4n) is 2.76. The molecule has 0 saturated heterocycles. The number of anilines is 1. The molecule has 102 valence electrons. The van der Waals surface area contributed by atoms with E-state index in [1.165, 1.54) is 0 Å². The van der Waals surface area contributed by atoms with Crippen LogP contribution in [0.1, 0.15) is 44.0 Å². The van der Waals surface area contributed by atoms with Crippen molar-refractivity contribution < 1.29 is 9.59 Å². The van der Waals surface area contributed by atoms with Crippen molar-refractivity contribution >= 4 is 17.5 Å². The molecule has 1 aliphatic rings. The molecule has 0 spiro atoms. The van der Waals surface area contributed by atoms with E-state index in [2.05, 4.69) is 5.32 Å². The molecule has 4 heteroatoms. The Kier molecular flexibility index (Phi) is 3.60. The molecule has 0 aromatic heterocycles. The second kappa shape index (κ2) is 5.03. The van der Waals surface area contributed by atoms with Crippen molar-refractivity contribution in [2.45, 2.75) is 39.2 Å². The summed E-state index contributed by atoms with van der Waals surface area (Å²) in [7, 11) is 0. The standard InChI is InChI=1S/C15H20N2O2/c1-4-10-15(3)14(19)16-12-9-7-6-8-11(12)13(18)17(15)5-2/h6-9H,4-5,10H2,1-3H3,(H,16,19)/t15-/m1/s1. The van der Waals surface area contributed by atoms with Crippen LogP contribution in [0.15, 0.2) is 24.3 Å². The molecule has 0 saturated carbocycles. The van der Waals surface area contributed by atoms with E-state index in [0.717, 1.165) is 6.42 Å². The monoisotopic (exact) mass is 260 g/mol. The van der Waals surface area contributed by atoms with Gasteiger partial charge in [-0.3, -0.25) is 9.59 Å². The Morgan fingerprint density at radius 3 is 2.53 bits per heavy atom. The molecule has 19 heavy (non-hydrogen) atoms. The van der Waals surface area contributed by atoms with Gasteiger partial charge in [-0.1, -0.05) is 25.5 Å². The molecule has 0 radical (unpaired) electrons. The summed E-state index contributed by atoms with van der Waals surface area (Å²) in [5.74, 6) is -0.179. The predicted molar refractivity (Wildman–Crippen MR) is 75.1 cm³/mol. The van der Waals surface area contributed by atoms with Crippen LogP contribution in [0.2, 0.25) is 0 Å². The normalized spacial score (nSPS) is 22.8. The molecule has 4 nitrogen and oxygen atoms in total. The molecule has 1 aliphatic heterocycles. The Bertz CT molecular complexity index is 513. The number of carbonyl (C=O) groups excluding carboxylic acids is 2. The van der Waals surface area contributed by atoms with Crippen LogP contribution in [-0.4, -0.2) is 28.8 Å². The summed E-state index contributed by atoms with van der Waals surface area (Å²) in [4.78, 5) is 26.8. The Morgan fingerprint density at radius 2 is 1.89 bits per heavy atom. The largest absolute Gasteiger partial charge is 0.324 e. The van der Waals surface area contributed by atoms with Gasteiger partial charge in [0.05, 0.1) is 11.3 Å². The van der Waals surface area contributed by atoms with Gasteiger partial charge in [-0.05, 0) is 32.4 Å². The van der Waals surface area contributed by atoms with Gasteiger partial charge in [0.15, 0.2) is 0 Å². The third kappa shape index (κ3) is 2.11. The average Bonchev–Trinajstić information content (AvgIpc) is 2.46. The summed E-state index contributed by atoms with van der Waals surface area (Å²) in [6, 6.07) is 7.18. The van der Waals surface area contributed by atoms with Gasteiger partial charge in [0.25, 0.3) is 5.91 Å². The Labute approximate surface area is 113 Å². The summed E-state index contributed by atoms with van der Waals surface area (Å²) < 4.78 is 0. The van der Waals surface area contributed by atoms with Crippen LogP contribution in [0.5, 0.6) is 0 Å². The van der Waals surface area contributed by atoms with Crippen LogP contribution in [0.3, 0.4) is 0 Å². The van der Waals surface area contributed by atoms with Crippen molar-refractivity contribution in [2.24, 2.45) is 0 Å². The topological polar surface area (TPSA) is 49.4 Å². The molecule has 1 aromatic carbocycles. The molecule has 1 heterocycles. The molecular weight excluding hydrogens is 240 g/mol. The maximum Gasteiger partial charge on any atom is 0.256 e. The minimum atomic E-state index is -0.778. The molecule has 1 aromatic rings. The van der Waals surface area contributed by atoms with Crippen molar-refractivity contribution in [3.05, 3.63) is 29.8 Å². The fourth-order valence-corrected chi connectivity index (χ4v) is 2.76. The first kappa shape index (κ1) is 13.6. The molecule has 2 amide bonds. The third-order valence-corrected chi connectivity index (χ3v) is 3.79. The second-order valence-corrected chi connectivity index (χ2v) is 5.07. The number of para-hydroxylation sites is 1. The van der Waals surface area contributed by atoms with Crippen molar-refractivity contribution in [2.75, 3.05) is 11.9 Å². The minimum Gasteiger partial charge on any atom is -0.324 e. The predicted octanol–water partition coefficient (Wildman–Crippen LogP) is 2.66. The van der Waals surface area contributed by atoms with Gasteiger partial charge in [0, 0.05) is 6.54 Å². The van der Waals surface area contributed by atoms with Gasteiger partial charge in [-0.25, -0.2) is 0 Å². The lowest BCUT2D eigenvalue weighted by molar-refractivity contribution is -0.126. The SMILES string of the molecule is CCC[C@]1(C)C(=O)Nc2ccccc2C(=O)N1CC. The number of benzene rings is 1. The lowest BCUT2D eigenvalue weighted by atomic mass is 9.92. The van der Waals surface area contributed by atoms with Crippen LogP contribution < -0.4 is 5.32 Å². The van der Waals surface area contributed by atoms with E-state index in [0.29, 0.717) is 24.2 Å². The number of nitrogens with zero attached hydrogens (tertiary/aromatic N) is 1. The van der Waals surface area contributed by atoms with Crippen molar-refractivity contribution in [3.8, 4) is 0 Å². The van der Waals surface area contributed by atoms with Crippen LogP contribution >= 0.6 is 0 Å². The summed E-state index contributed by atoms with van der Waals surface area (Å²) >= 11 is 0. The average molecular weight is 260 g/mol. The highest BCUT2D eigenvalue weighted by atomic mass is 16.2. The van der Waals surface area contributed by atoms with Gasteiger partial charge in [-0.15, -0.1) is 0 Å². The smallest absolute Gasteiger partial charge is 0.256 e. The van der Waals surface area contributed by atoms with E-state index in [1.807, 2.05) is 32.9 Å². The fraction of sp³-hybridized carbons (Fsp3) is 0.467. The zero-order valence-corrected chi connectivity index (χ0v) is 11.7. The lowest BCUT2D eigenvalue weighted by Crippen LogP contribution is -2.55. The number of amides is 2. The van der Waals surface area contributed by atoms with Gasteiger partial charge >= 0.3 is 0 Å². The quantitative estimate of drug-likeness (QED) is 0.908. The molecule has 0 unspecified atom stereocenters. The minimum absolute atomic E-state index is 0.0765. The van der Waals surface area contributed by atoms with Crippen LogP contribution in [0, 0.1) is 0 Å². The zero-order chi connectivity index (χ0) is 14.0. The van der Waals surface area contributed by atoms with Gasteiger partial charge in [0.1, 0.15) is 5.54 Å². The van der Waals surface area contributed by atoms with E-state index in [1.54, 1.807) is 17.0 Å². The second-order valence-electron chi connectivity index (χ2n) is 5.07. The van der Waals surface area contributed by atoms with Crippen LogP contribution in [-0.2, 0) is 4.79 Å². The molecular formula is C15H20N2O2. The van der Waals surface area contributed by atoms with Gasteiger partial charge in [0.2, 0.25) is 5.91 Å². The highest BCUT2D eigenvalue weighted by Crippen LogP contribution is 2.31. The first-order valence-electron chi connectivity index (χ1n) is 6.77. The maximum absolute atomic E-state index is 12.6. The van der Waals surface area contributed by atoms with E-state index in [4.69, 9.17) is 0 Å². The van der Waals surface area contributed by atoms with E-state index >= 15 is 0 Å². The Morgan fingerprint density at radius 1 is 1.21 bits per heavy atom. The van der Waals surface area contributed by atoms with Crippen LogP contribution in [0.4, 0.5) is 5.69 Å². The van der Waals surface area contributed by atoms with E-state index < -0.39 is 5.54 Å². The van der Waals surface area contributed by atoms with Crippen molar-refractivity contribution in [1.29, 1.82) is 0 Å². The maximum atomic E-state index is 12.6. The summed E-state index contributed by atoms with van der Waals surface area (Å²) in [6.07, 6.45) is 1.51. The Hall–Kier alpha value is -1.84. The van der Waals surface area contributed by atoms with Crippen LogP contribution in [0.25, 0.3) is 0 Å². The zero-order valence-electron chi connectivity index (χ0n) is 11.7. The highest BCUT2D eigenvalue weighted by molar-refractivity contribution is 6.11. The first-order chi connectivity index (χ1) is 9.04. The Balaban J connectivity index is 2.54. The number of hydrogen-bond donors (Lipinski definition) is 1. The summed E-state index contributed by atoms with van der Waals surface area (Å²) in [5.41, 5.74) is 0.396. The molecule has 1 atom stereocenters. The number of likely N-dealkylation sites (N-methyl/N-ethyl adjacent to an activating group) is 1. The number of carbonyl (C=O) groups is 2. The number of hydrogen-bond acceptors (Lipinski definition) is 2. The number of nitrogens with one attached hydrogen (secondary N) is 1. The van der Waals surface area contributed by atoms with E-state index in [-0.39, 0.29) is 11.8 Å². The van der Waals surface area contributed by atoms with E-state index in [9.17, 15) is 9.59 Å². The lowest BCUT2D eigenvalue weighted by Gasteiger charge is -2.37. The third-order valence-electron chi connectivity index (χ3n) is 3.79. The number of fused-ring (bicyclic) bond motifs is 1. The van der Waals surface area contributed by atoms with Crippen molar-refractivity contribution in [3.63, 3.8) is 0 Å². The molecule has 0 aliphatic carbocycles. The summed E-state index contributed by atoms with van der Waals surface area (Å²) in [6.45, 7) is 6.30. The van der Waals surface area contributed by atoms with Gasteiger partial charge < -0.3 is 10.2 Å². The molecule has 1 N–H and O–H groups in total. The van der Waals surface area contributed by atoms with Crippen molar-refractivity contribution in [1.82, 2.24) is 4.90 Å². The van der Waals surface area contributed by atoms with Gasteiger partial charge in [-0.2, -0.15) is 0 Å². The molecule has 2 rings (SSSR count). The first-order valence-corrected chi connectivity index (χ1v) is 6.77.